The highest BCUT2D eigenvalue weighted by atomic mass is 35.5. The molecule has 0 N–H and O–H groups in total. The second-order valence-electron chi connectivity index (χ2n) is 7.91. The summed E-state index contributed by atoms with van der Waals surface area (Å²) in [4.78, 5) is 14.0. The van der Waals surface area contributed by atoms with Crippen LogP contribution in [0.25, 0.3) is 0 Å². The van der Waals surface area contributed by atoms with Gasteiger partial charge < -0.3 is 14.4 Å². The van der Waals surface area contributed by atoms with Crippen molar-refractivity contribution in [3.05, 3.63) is 63.4 Å². The second kappa shape index (κ2) is 8.30. The fourth-order valence-electron chi connectivity index (χ4n) is 3.04. The van der Waals surface area contributed by atoms with Crippen molar-refractivity contribution in [2.24, 2.45) is 0 Å². The minimum absolute atomic E-state index is 0.0220. The minimum Gasteiger partial charge on any atom is -0.487 e. The van der Waals surface area contributed by atoms with Crippen molar-refractivity contribution < 1.29 is 18.7 Å². The van der Waals surface area contributed by atoms with Crippen molar-refractivity contribution in [2.45, 2.75) is 45.9 Å². The van der Waals surface area contributed by atoms with Crippen LogP contribution >= 0.6 is 11.6 Å². The Bertz CT molecular complexity index is 979. The maximum atomic E-state index is 14.1. The van der Waals surface area contributed by atoms with Gasteiger partial charge in [-0.3, -0.25) is 0 Å². The van der Waals surface area contributed by atoms with E-state index in [1.165, 1.54) is 18.2 Å². The first-order valence-corrected chi connectivity index (χ1v) is 9.64. The fraction of sp³-hybridized carbons (Fsp3) is 0.364. The third kappa shape index (κ3) is 5.18. The van der Waals surface area contributed by atoms with E-state index in [0.717, 1.165) is 11.1 Å². The molecule has 1 heterocycles. The quantitative estimate of drug-likeness (QED) is 0.687. The van der Waals surface area contributed by atoms with Crippen molar-refractivity contribution in [1.82, 2.24) is 4.90 Å². The third-order valence-corrected chi connectivity index (χ3v) is 4.78. The molecule has 0 fully saturated rings. The van der Waals surface area contributed by atoms with Crippen LogP contribution in [0, 0.1) is 17.1 Å². The number of rotatable bonds is 3. The molecule has 0 radical (unpaired) electrons. The van der Waals surface area contributed by atoms with Gasteiger partial charge in [0, 0.05) is 18.7 Å². The number of carbonyl (C=O) groups is 1. The molecule has 0 aromatic heterocycles. The van der Waals surface area contributed by atoms with Crippen LogP contribution in [0.1, 0.15) is 43.0 Å². The van der Waals surface area contributed by atoms with E-state index in [0.29, 0.717) is 35.8 Å². The SMILES string of the molecule is CC(C)(C)OC(=O)N1CCc2cc(Cl)c(OCc3ccc(C#N)cc3F)cc2C1. The van der Waals surface area contributed by atoms with Gasteiger partial charge in [0.15, 0.2) is 0 Å². The molecule has 0 unspecified atom stereocenters. The Kier molecular flexibility index (Phi) is 5.99. The van der Waals surface area contributed by atoms with Gasteiger partial charge in [-0.05, 0) is 62.6 Å². The molecule has 0 atom stereocenters. The van der Waals surface area contributed by atoms with E-state index in [4.69, 9.17) is 26.3 Å². The average Bonchev–Trinajstić information content (AvgIpc) is 2.65. The van der Waals surface area contributed by atoms with Gasteiger partial charge >= 0.3 is 6.09 Å². The molecule has 1 aliphatic heterocycles. The van der Waals surface area contributed by atoms with Gasteiger partial charge in [0.1, 0.15) is 23.8 Å². The average molecular weight is 417 g/mol. The Labute approximate surface area is 174 Å². The molecule has 7 heteroatoms. The van der Waals surface area contributed by atoms with E-state index < -0.39 is 11.4 Å². The first-order valence-electron chi connectivity index (χ1n) is 9.27. The van der Waals surface area contributed by atoms with Crippen LogP contribution in [0.4, 0.5) is 9.18 Å². The smallest absolute Gasteiger partial charge is 0.410 e. The molecule has 29 heavy (non-hydrogen) atoms. The standard InChI is InChI=1S/C22H22ClFN2O3/c1-22(2,3)29-21(27)26-7-6-15-9-18(23)20(10-17(15)12-26)28-13-16-5-4-14(11-25)8-19(16)24/h4-5,8-10H,6-7,12-13H2,1-3H3. The molecule has 0 saturated carbocycles. The molecule has 1 amide bonds. The molecule has 152 valence electrons. The van der Waals surface area contributed by atoms with Crippen LogP contribution in [0.2, 0.25) is 5.02 Å². The molecule has 0 bridgehead atoms. The van der Waals surface area contributed by atoms with Gasteiger partial charge in [-0.2, -0.15) is 5.26 Å². The van der Waals surface area contributed by atoms with Gasteiger partial charge in [0.2, 0.25) is 0 Å². The number of nitrogens with zero attached hydrogens (tertiary/aromatic N) is 2. The zero-order valence-electron chi connectivity index (χ0n) is 16.6. The summed E-state index contributed by atoms with van der Waals surface area (Å²) in [5, 5.41) is 9.26. The number of hydrogen-bond donors (Lipinski definition) is 0. The number of nitriles is 1. The van der Waals surface area contributed by atoms with E-state index in [1.54, 1.807) is 11.0 Å². The zero-order chi connectivity index (χ0) is 21.2. The van der Waals surface area contributed by atoms with E-state index in [9.17, 15) is 9.18 Å². The van der Waals surface area contributed by atoms with E-state index in [1.807, 2.05) is 32.9 Å². The van der Waals surface area contributed by atoms with E-state index in [2.05, 4.69) is 0 Å². The highest BCUT2D eigenvalue weighted by molar-refractivity contribution is 6.32. The second-order valence-corrected chi connectivity index (χ2v) is 8.32. The molecular formula is C22H22ClFN2O3. The first kappa shape index (κ1) is 20.9. The van der Waals surface area contributed by atoms with Crippen LogP contribution in [-0.2, 0) is 24.3 Å². The van der Waals surface area contributed by atoms with Gasteiger partial charge in [-0.25, -0.2) is 9.18 Å². The molecular weight excluding hydrogens is 395 g/mol. The number of carbonyl (C=O) groups excluding carboxylic acids is 1. The number of hydrogen-bond acceptors (Lipinski definition) is 4. The van der Waals surface area contributed by atoms with Gasteiger partial charge in [-0.15, -0.1) is 0 Å². The third-order valence-electron chi connectivity index (χ3n) is 4.48. The highest BCUT2D eigenvalue weighted by Gasteiger charge is 2.26. The van der Waals surface area contributed by atoms with Crippen molar-refractivity contribution in [1.29, 1.82) is 5.26 Å². The summed E-state index contributed by atoms with van der Waals surface area (Å²) >= 11 is 6.33. The predicted octanol–water partition coefficient (Wildman–Crippen LogP) is 5.22. The first-order chi connectivity index (χ1) is 13.7. The molecule has 0 aliphatic carbocycles. The Morgan fingerprint density at radius 2 is 2.03 bits per heavy atom. The summed E-state index contributed by atoms with van der Waals surface area (Å²) in [7, 11) is 0. The summed E-state index contributed by atoms with van der Waals surface area (Å²) in [5.41, 5.74) is 1.98. The molecule has 5 nitrogen and oxygen atoms in total. The van der Waals surface area contributed by atoms with Gasteiger partial charge in [0.05, 0.1) is 16.7 Å². The molecule has 2 aromatic rings. The number of ether oxygens (including phenoxy) is 2. The minimum atomic E-state index is -0.559. The van der Waals surface area contributed by atoms with Crippen LogP contribution in [0.5, 0.6) is 5.75 Å². The van der Waals surface area contributed by atoms with Crippen LogP contribution in [0.15, 0.2) is 30.3 Å². The van der Waals surface area contributed by atoms with Crippen LogP contribution in [-0.4, -0.2) is 23.1 Å². The zero-order valence-corrected chi connectivity index (χ0v) is 17.3. The van der Waals surface area contributed by atoms with Crippen molar-refractivity contribution in [3.63, 3.8) is 0 Å². The maximum Gasteiger partial charge on any atom is 0.410 e. The predicted molar refractivity (Wildman–Crippen MR) is 107 cm³/mol. The molecule has 1 aliphatic rings. The van der Waals surface area contributed by atoms with Crippen molar-refractivity contribution in [2.75, 3.05) is 6.54 Å². The Balaban J connectivity index is 1.74. The van der Waals surface area contributed by atoms with E-state index >= 15 is 0 Å². The highest BCUT2D eigenvalue weighted by Crippen LogP contribution is 2.32. The van der Waals surface area contributed by atoms with E-state index in [-0.39, 0.29) is 18.3 Å². The lowest BCUT2D eigenvalue weighted by atomic mass is 9.99. The molecule has 3 rings (SSSR count). The van der Waals surface area contributed by atoms with Gasteiger partial charge in [-0.1, -0.05) is 17.7 Å². The maximum absolute atomic E-state index is 14.1. The molecule has 2 aromatic carbocycles. The lowest BCUT2D eigenvalue weighted by Crippen LogP contribution is -2.39. The number of amides is 1. The normalized spacial score (nSPS) is 13.4. The number of fused-ring (bicyclic) bond motifs is 1. The Hall–Kier alpha value is -2.78. The molecule has 0 saturated heterocycles. The van der Waals surface area contributed by atoms with Gasteiger partial charge in [0.25, 0.3) is 0 Å². The number of halogens is 2. The fourth-order valence-corrected chi connectivity index (χ4v) is 3.28. The van der Waals surface area contributed by atoms with Crippen LogP contribution in [0.3, 0.4) is 0 Å². The monoisotopic (exact) mass is 416 g/mol. The summed E-state index contributed by atoms with van der Waals surface area (Å²) < 4.78 is 25.2. The summed E-state index contributed by atoms with van der Waals surface area (Å²) in [5.74, 6) is -0.0885. The lowest BCUT2D eigenvalue weighted by molar-refractivity contribution is 0.0223. The Morgan fingerprint density at radius 1 is 1.28 bits per heavy atom. The van der Waals surface area contributed by atoms with Crippen molar-refractivity contribution >= 4 is 17.7 Å². The topological polar surface area (TPSA) is 62.6 Å². The largest absolute Gasteiger partial charge is 0.487 e. The summed E-state index contributed by atoms with van der Waals surface area (Å²) in [6.45, 7) is 6.41. The number of benzene rings is 2. The lowest BCUT2D eigenvalue weighted by Gasteiger charge is -2.31. The van der Waals surface area contributed by atoms with Crippen LogP contribution < -0.4 is 4.74 Å². The van der Waals surface area contributed by atoms with Crippen molar-refractivity contribution in [3.8, 4) is 11.8 Å². The Morgan fingerprint density at radius 3 is 2.69 bits per heavy atom. The summed E-state index contributed by atoms with van der Waals surface area (Å²) in [6, 6.07) is 9.74. The summed E-state index contributed by atoms with van der Waals surface area (Å²) in [6.07, 6.45) is 0.305. The molecule has 0 spiro atoms.